The van der Waals surface area contributed by atoms with Crippen molar-refractivity contribution in [3.63, 3.8) is 0 Å². The standard InChI is InChI=1S/C15H20ClNO2/c1-10(2)15(18)8-17(9-15)7-13-6-11-5-12(16)3-4-14(11)19-13/h3-5,10,13,18H,6-9H2,1-2H3. The topological polar surface area (TPSA) is 32.7 Å². The Hall–Kier alpha value is -0.770. The second kappa shape index (κ2) is 4.65. The van der Waals surface area contributed by atoms with Gasteiger partial charge in [-0.1, -0.05) is 25.4 Å². The molecule has 0 radical (unpaired) electrons. The van der Waals surface area contributed by atoms with Crippen molar-refractivity contribution in [2.75, 3.05) is 19.6 Å². The van der Waals surface area contributed by atoms with Crippen molar-refractivity contribution >= 4 is 11.6 Å². The fraction of sp³-hybridized carbons (Fsp3) is 0.600. The molecule has 3 nitrogen and oxygen atoms in total. The van der Waals surface area contributed by atoms with Gasteiger partial charge in [0.05, 0.1) is 5.60 Å². The summed E-state index contributed by atoms with van der Waals surface area (Å²) in [5.41, 5.74) is 0.687. The van der Waals surface area contributed by atoms with E-state index >= 15 is 0 Å². The molecule has 19 heavy (non-hydrogen) atoms. The third-order valence-corrected chi connectivity index (χ3v) is 4.53. The molecule has 1 saturated heterocycles. The first-order valence-electron chi connectivity index (χ1n) is 6.86. The van der Waals surface area contributed by atoms with Gasteiger partial charge in [0.1, 0.15) is 11.9 Å². The predicted molar refractivity (Wildman–Crippen MR) is 75.8 cm³/mol. The van der Waals surface area contributed by atoms with Crippen LogP contribution in [0, 0.1) is 5.92 Å². The maximum absolute atomic E-state index is 10.2. The first-order valence-corrected chi connectivity index (χ1v) is 7.24. The highest BCUT2D eigenvalue weighted by Crippen LogP contribution is 2.33. The fourth-order valence-corrected chi connectivity index (χ4v) is 3.10. The molecule has 0 aliphatic carbocycles. The number of halogens is 1. The summed E-state index contributed by atoms with van der Waals surface area (Å²) >= 11 is 5.99. The number of benzene rings is 1. The van der Waals surface area contributed by atoms with Gasteiger partial charge in [-0.3, -0.25) is 4.90 Å². The van der Waals surface area contributed by atoms with E-state index in [0.29, 0.717) is 5.92 Å². The molecule has 2 aliphatic heterocycles. The van der Waals surface area contributed by atoms with Gasteiger partial charge in [0.25, 0.3) is 0 Å². The normalized spacial score (nSPS) is 25.0. The van der Waals surface area contributed by atoms with Gasteiger partial charge in [-0.2, -0.15) is 0 Å². The largest absolute Gasteiger partial charge is 0.488 e. The molecule has 2 heterocycles. The van der Waals surface area contributed by atoms with E-state index in [9.17, 15) is 5.11 Å². The predicted octanol–water partition coefficient (Wildman–Crippen LogP) is 2.35. The Bertz CT molecular complexity index is 483. The molecule has 0 spiro atoms. The molecule has 0 amide bonds. The summed E-state index contributed by atoms with van der Waals surface area (Å²) in [6.45, 7) is 6.52. The summed E-state index contributed by atoms with van der Waals surface area (Å²) in [5, 5.41) is 11.0. The SMILES string of the molecule is CC(C)C1(O)CN(CC2Cc3cc(Cl)ccc3O2)C1. The van der Waals surface area contributed by atoms with Crippen molar-refractivity contribution in [2.24, 2.45) is 5.92 Å². The number of ether oxygens (including phenoxy) is 1. The van der Waals surface area contributed by atoms with E-state index in [-0.39, 0.29) is 6.10 Å². The van der Waals surface area contributed by atoms with Crippen LogP contribution < -0.4 is 4.74 Å². The monoisotopic (exact) mass is 281 g/mol. The molecule has 2 aliphatic rings. The molecular formula is C15H20ClNO2. The number of β-amino-alcohol motifs (C(OH)–C–C–N with tert-alkyl or cyclic N) is 1. The molecule has 3 rings (SSSR count). The highest BCUT2D eigenvalue weighted by atomic mass is 35.5. The van der Waals surface area contributed by atoms with Crippen LogP contribution in [-0.2, 0) is 6.42 Å². The van der Waals surface area contributed by atoms with E-state index in [1.54, 1.807) is 0 Å². The molecule has 4 heteroatoms. The number of hydrogen-bond donors (Lipinski definition) is 1. The number of fused-ring (bicyclic) bond motifs is 1. The molecule has 0 saturated carbocycles. The van der Waals surface area contributed by atoms with E-state index in [1.165, 1.54) is 5.56 Å². The summed E-state index contributed by atoms with van der Waals surface area (Å²) < 4.78 is 5.91. The maximum Gasteiger partial charge on any atom is 0.123 e. The summed E-state index contributed by atoms with van der Waals surface area (Å²) in [6, 6.07) is 5.79. The Balaban J connectivity index is 1.55. The van der Waals surface area contributed by atoms with Crippen molar-refractivity contribution in [3.05, 3.63) is 28.8 Å². The van der Waals surface area contributed by atoms with Crippen molar-refractivity contribution in [1.82, 2.24) is 4.90 Å². The molecule has 0 bridgehead atoms. The van der Waals surface area contributed by atoms with E-state index in [4.69, 9.17) is 16.3 Å². The summed E-state index contributed by atoms with van der Waals surface area (Å²) in [6.07, 6.45) is 1.09. The lowest BCUT2D eigenvalue weighted by Crippen LogP contribution is -2.65. The Kier molecular flexibility index (Phi) is 3.24. The van der Waals surface area contributed by atoms with Gasteiger partial charge in [-0.15, -0.1) is 0 Å². The molecule has 1 aromatic carbocycles. The minimum Gasteiger partial charge on any atom is -0.488 e. The molecule has 1 unspecified atom stereocenters. The molecule has 1 atom stereocenters. The fourth-order valence-electron chi connectivity index (χ4n) is 2.90. The smallest absolute Gasteiger partial charge is 0.123 e. The van der Waals surface area contributed by atoms with Crippen LogP contribution in [0.1, 0.15) is 19.4 Å². The van der Waals surface area contributed by atoms with E-state index in [1.807, 2.05) is 18.2 Å². The van der Waals surface area contributed by atoms with Crippen LogP contribution in [0.15, 0.2) is 18.2 Å². The molecular weight excluding hydrogens is 262 g/mol. The maximum atomic E-state index is 10.2. The average molecular weight is 282 g/mol. The van der Waals surface area contributed by atoms with Crippen molar-refractivity contribution < 1.29 is 9.84 Å². The molecule has 1 N–H and O–H groups in total. The number of likely N-dealkylation sites (tertiary alicyclic amines) is 1. The number of nitrogens with zero attached hydrogens (tertiary/aromatic N) is 1. The van der Waals surface area contributed by atoms with E-state index < -0.39 is 5.60 Å². The molecule has 104 valence electrons. The highest BCUT2D eigenvalue weighted by Gasteiger charge is 2.44. The zero-order chi connectivity index (χ0) is 13.6. The first kappa shape index (κ1) is 13.2. The number of hydrogen-bond acceptors (Lipinski definition) is 3. The Labute approximate surface area is 119 Å². The quantitative estimate of drug-likeness (QED) is 0.923. The average Bonchev–Trinajstić information content (AvgIpc) is 2.67. The second-order valence-electron chi connectivity index (χ2n) is 6.12. The Morgan fingerprint density at radius 3 is 2.89 bits per heavy atom. The van der Waals surface area contributed by atoms with Crippen LogP contribution in [0.5, 0.6) is 5.75 Å². The Morgan fingerprint density at radius 1 is 1.47 bits per heavy atom. The lowest BCUT2D eigenvalue weighted by Gasteiger charge is -2.49. The van der Waals surface area contributed by atoms with Gasteiger partial charge in [0, 0.05) is 31.1 Å². The van der Waals surface area contributed by atoms with E-state index in [2.05, 4.69) is 18.7 Å². The van der Waals surface area contributed by atoms with Crippen molar-refractivity contribution in [3.8, 4) is 5.75 Å². The van der Waals surface area contributed by atoms with Crippen LogP contribution in [0.3, 0.4) is 0 Å². The van der Waals surface area contributed by atoms with Gasteiger partial charge in [0.2, 0.25) is 0 Å². The molecule has 0 aromatic heterocycles. The van der Waals surface area contributed by atoms with E-state index in [0.717, 1.165) is 36.8 Å². The highest BCUT2D eigenvalue weighted by molar-refractivity contribution is 6.30. The molecule has 1 fully saturated rings. The summed E-state index contributed by atoms with van der Waals surface area (Å²) in [7, 11) is 0. The van der Waals surface area contributed by atoms with Gasteiger partial charge in [-0.05, 0) is 29.7 Å². The minimum atomic E-state index is -0.505. The zero-order valence-electron chi connectivity index (χ0n) is 11.4. The minimum absolute atomic E-state index is 0.185. The zero-order valence-corrected chi connectivity index (χ0v) is 12.2. The Morgan fingerprint density at radius 2 is 2.21 bits per heavy atom. The molecule has 1 aromatic rings. The van der Waals surface area contributed by atoms with Gasteiger partial charge < -0.3 is 9.84 Å². The summed E-state index contributed by atoms with van der Waals surface area (Å²) in [4.78, 5) is 2.26. The summed E-state index contributed by atoms with van der Waals surface area (Å²) in [5.74, 6) is 1.26. The van der Waals surface area contributed by atoms with Crippen LogP contribution in [0.4, 0.5) is 0 Å². The number of rotatable bonds is 3. The van der Waals surface area contributed by atoms with Gasteiger partial charge in [-0.25, -0.2) is 0 Å². The first-order chi connectivity index (χ1) is 8.96. The van der Waals surface area contributed by atoms with Crippen LogP contribution in [0.2, 0.25) is 5.02 Å². The van der Waals surface area contributed by atoms with Crippen LogP contribution >= 0.6 is 11.6 Å². The third-order valence-electron chi connectivity index (χ3n) is 4.30. The van der Waals surface area contributed by atoms with Crippen LogP contribution in [-0.4, -0.2) is 41.3 Å². The van der Waals surface area contributed by atoms with Crippen LogP contribution in [0.25, 0.3) is 0 Å². The number of aliphatic hydroxyl groups is 1. The second-order valence-corrected chi connectivity index (χ2v) is 6.56. The lowest BCUT2D eigenvalue weighted by atomic mass is 9.83. The lowest BCUT2D eigenvalue weighted by molar-refractivity contribution is -0.133. The van der Waals surface area contributed by atoms with Crippen molar-refractivity contribution in [2.45, 2.75) is 32.0 Å². The van der Waals surface area contributed by atoms with Crippen molar-refractivity contribution in [1.29, 1.82) is 0 Å². The van der Waals surface area contributed by atoms with Gasteiger partial charge >= 0.3 is 0 Å². The van der Waals surface area contributed by atoms with Gasteiger partial charge in [0.15, 0.2) is 0 Å². The third kappa shape index (κ3) is 2.47.